The van der Waals surface area contributed by atoms with Crippen LogP contribution in [0, 0.1) is 0 Å². The van der Waals surface area contributed by atoms with E-state index in [0.717, 1.165) is 21.5 Å². The van der Waals surface area contributed by atoms with E-state index >= 15 is 0 Å². The van der Waals surface area contributed by atoms with Crippen LogP contribution < -0.4 is 9.47 Å². The average Bonchev–Trinajstić information content (AvgIpc) is 2.82. The third-order valence-electron chi connectivity index (χ3n) is 5.11. The van der Waals surface area contributed by atoms with Gasteiger partial charge in [0.1, 0.15) is 24.7 Å². The first-order valence-electron chi connectivity index (χ1n) is 10.4. The first-order valence-corrected chi connectivity index (χ1v) is 10.4. The molecule has 0 heterocycles. The van der Waals surface area contributed by atoms with Gasteiger partial charge in [-0.2, -0.15) is 0 Å². The number of ether oxygens (including phenoxy) is 3. The highest BCUT2D eigenvalue weighted by Crippen LogP contribution is 2.23. The molecular formula is C26H22O7. The molecule has 0 bridgehead atoms. The summed E-state index contributed by atoms with van der Waals surface area (Å²) in [5.74, 6) is -0.526. The smallest absolute Gasteiger partial charge is 0.335 e. The molecule has 7 heteroatoms. The number of benzene rings is 4. The predicted molar refractivity (Wildman–Crippen MR) is 124 cm³/mol. The molecule has 0 aliphatic carbocycles. The summed E-state index contributed by atoms with van der Waals surface area (Å²) in [6, 6.07) is 20.9. The van der Waals surface area contributed by atoms with Crippen molar-refractivity contribution >= 4 is 33.5 Å². The molecule has 0 aromatic heterocycles. The predicted octanol–water partition coefficient (Wildman–Crippen LogP) is 4.86. The highest BCUT2D eigenvalue weighted by Gasteiger charge is 2.06. The first kappa shape index (κ1) is 22.1. The van der Waals surface area contributed by atoms with Gasteiger partial charge in [0, 0.05) is 0 Å². The molecule has 33 heavy (non-hydrogen) atoms. The van der Waals surface area contributed by atoms with Crippen LogP contribution in [-0.2, 0) is 4.74 Å². The van der Waals surface area contributed by atoms with Crippen molar-refractivity contribution in [3.05, 3.63) is 83.9 Å². The van der Waals surface area contributed by atoms with Gasteiger partial charge in [-0.1, -0.05) is 24.3 Å². The quantitative estimate of drug-likeness (QED) is 0.335. The Morgan fingerprint density at radius 1 is 0.545 bits per heavy atom. The van der Waals surface area contributed by atoms with E-state index in [2.05, 4.69) is 0 Å². The Bertz CT molecular complexity index is 1210. The van der Waals surface area contributed by atoms with E-state index in [9.17, 15) is 9.59 Å². The molecule has 7 nitrogen and oxygen atoms in total. The molecule has 2 N–H and O–H groups in total. The van der Waals surface area contributed by atoms with E-state index < -0.39 is 11.9 Å². The number of carboxylic acid groups (broad SMARTS) is 2. The number of hydrogen-bond acceptors (Lipinski definition) is 5. The number of aromatic carboxylic acids is 2. The van der Waals surface area contributed by atoms with Crippen molar-refractivity contribution in [3.63, 3.8) is 0 Å². The van der Waals surface area contributed by atoms with Gasteiger partial charge in [0.25, 0.3) is 0 Å². The molecule has 0 amide bonds. The molecule has 168 valence electrons. The van der Waals surface area contributed by atoms with Crippen LogP contribution >= 0.6 is 0 Å². The monoisotopic (exact) mass is 446 g/mol. The molecule has 0 fully saturated rings. The van der Waals surface area contributed by atoms with E-state index in [1.54, 1.807) is 48.5 Å². The third-order valence-corrected chi connectivity index (χ3v) is 5.11. The molecule has 0 atom stereocenters. The Hall–Kier alpha value is -4.10. The summed E-state index contributed by atoms with van der Waals surface area (Å²) in [6.07, 6.45) is 0. The lowest BCUT2D eigenvalue weighted by atomic mass is 10.1. The number of hydrogen-bond donors (Lipinski definition) is 2. The zero-order valence-corrected chi connectivity index (χ0v) is 17.7. The molecule has 4 aromatic carbocycles. The van der Waals surface area contributed by atoms with Crippen LogP contribution in [0.5, 0.6) is 11.5 Å². The molecule has 0 radical (unpaired) electrons. The molecule has 0 saturated heterocycles. The van der Waals surface area contributed by atoms with Gasteiger partial charge >= 0.3 is 11.9 Å². The Labute approximate surface area is 189 Å². The van der Waals surface area contributed by atoms with Gasteiger partial charge in [-0.05, 0) is 70.1 Å². The summed E-state index contributed by atoms with van der Waals surface area (Å²) < 4.78 is 17.0. The van der Waals surface area contributed by atoms with Gasteiger partial charge in [-0.15, -0.1) is 0 Å². The summed E-state index contributed by atoms with van der Waals surface area (Å²) in [4.78, 5) is 22.1. The van der Waals surface area contributed by atoms with Crippen molar-refractivity contribution < 1.29 is 34.0 Å². The van der Waals surface area contributed by atoms with Crippen LogP contribution in [-0.4, -0.2) is 48.6 Å². The zero-order valence-electron chi connectivity index (χ0n) is 17.7. The van der Waals surface area contributed by atoms with Crippen LogP contribution in [0.3, 0.4) is 0 Å². The summed E-state index contributed by atoms with van der Waals surface area (Å²) in [6.45, 7) is 1.55. The first-order chi connectivity index (χ1) is 16.0. The van der Waals surface area contributed by atoms with E-state index in [1.807, 2.05) is 24.3 Å². The maximum absolute atomic E-state index is 11.1. The fourth-order valence-electron chi connectivity index (χ4n) is 3.43. The van der Waals surface area contributed by atoms with Gasteiger partial charge in [0.05, 0.1) is 24.3 Å². The lowest BCUT2D eigenvalue weighted by Gasteiger charge is -2.10. The SMILES string of the molecule is O=C(O)c1ccc2cc(OCCOCCOc3ccc4cc(C(=O)O)ccc4c3)ccc2c1. The molecule has 0 saturated carbocycles. The Morgan fingerprint density at radius 2 is 0.939 bits per heavy atom. The van der Waals surface area contributed by atoms with E-state index in [0.29, 0.717) is 37.9 Å². The topological polar surface area (TPSA) is 102 Å². The largest absolute Gasteiger partial charge is 0.491 e. The van der Waals surface area contributed by atoms with Crippen LogP contribution in [0.2, 0.25) is 0 Å². The minimum Gasteiger partial charge on any atom is -0.491 e. The van der Waals surface area contributed by atoms with Crippen molar-refractivity contribution in [2.75, 3.05) is 26.4 Å². The van der Waals surface area contributed by atoms with Gasteiger partial charge < -0.3 is 24.4 Å². The summed E-state index contributed by atoms with van der Waals surface area (Å²) in [7, 11) is 0. The third kappa shape index (κ3) is 5.58. The van der Waals surface area contributed by atoms with Crippen molar-refractivity contribution in [1.82, 2.24) is 0 Å². The van der Waals surface area contributed by atoms with Gasteiger partial charge in [0.2, 0.25) is 0 Å². The molecule has 4 aromatic rings. The van der Waals surface area contributed by atoms with Crippen molar-refractivity contribution in [2.45, 2.75) is 0 Å². The van der Waals surface area contributed by atoms with Crippen molar-refractivity contribution in [1.29, 1.82) is 0 Å². The molecule has 4 rings (SSSR count). The standard InChI is InChI=1S/C26H22O7/c27-25(28)21-3-1-19-15-23(7-5-17(19)13-21)32-11-9-31-10-12-33-24-8-6-18-14-22(26(29)30)4-2-20(18)16-24/h1-8,13-16H,9-12H2,(H,27,28)(H,29,30). The fourth-order valence-corrected chi connectivity index (χ4v) is 3.43. The minimum atomic E-state index is -0.951. The minimum absolute atomic E-state index is 0.253. The normalized spacial score (nSPS) is 10.9. The summed E-state index contributed by atoms with van der Waals surface area (Å²) in [5, 5.41) is 21.6. The van der Waals surface area contributed by atoms with E-state index in [1.165, 1.54) is 0 Å². The van der Waals surface area contributed by atoms with Gasteiger partial charge in [-0.3, -0.25) is 0 Å². The van der Waals surface area contributed by atoms with Crippen LogP contribution in [0.15, 0.2) is 72.8 Å². The second-order valence-corrected chi connectivity index (χ2v) is 7.37. The second kappa shape index (κ2) is 10.0. The molecular weight excluding hydrogens is 424 g/mol. The van der Waals surface area contributed by atoms with Crippen LogP contribution in [0.4, 0.5) is 0 Å². The summed E-state index contributed by atoms with van der Waals surface area (Å²) in [5.41, 5.74) is 0.505. The molecule has 0 unspecified atom stereocenters. The highest BCUT2D eigenvalue weighted by atomic mass is 16.5. The number of fused-ring (bicyclic) bond motifs is 2. The molecule has 0 aliphatic heterocycles. The lowest BCUT2D eigenvalue weighted by Crippen LogP contribution is -2.12. The Balaban J connectivity index is 1.19. The van der Waals surface area contributed by atoms with E-state index in [4.69, 9.17) is 24.4 Å². The average molecular weight is 446 g/mol. The second-order valence-electron chi connectivity index (χ2n) is 7.37. The van der Waals surface area contributed by atoms with Crippen molar-refractivity contribution in [3.8, 4) is 11.5 Å². The Kier molecular flexibility index (Phi) is 6.71. The lowest BCUT2D eigenvalue weighted by molar-refractivity contribution is 0.0686. The number of carboxylic acids is 2. The zero-order chi connectivity index (χ0) is 23.2. The maximum atomic E-state index is 11.1. The highest BCUT2D eigenvalue weighted by molar-refractivity contribution is 5.95. The molecule has 0 aliphatic rings. The van der Waals surface area contributed by atoms with Gasteiger partial charge in [-0.25, -0.2) is 9.59 Å². The van der Waals surface area contributed by atoms with Crippen LogP contribution in [0.1, 0.15) is 20.7 Å². The molecule has 0 spiro atoms. The van der Waals surface area contributed by atoms with Crippen LogP contribution in [0.25, 0.3) is 21.5 Å². The maximum Gasteiger partial charge on any atom is 0.335 e. The van der Waals surface area contributed by atoms with Gasteiger partial charge in [0.15, 0.2) is 0 Å². The fraction of sp³-hybridized carbons (Fsp3) is 0.154. The summed E-state index contributed by atoms with van der Waals surface area (Å²) >= 11 is 0. The number of rotatable bonds is 10. The Morgan fingerprint density at radius 3 is 1.36 bits per heavy atom. The number of carbonyl (C=O) groups is 2. The van der Waals surface area contributed by atoms with Crippen molar-refractivity contribution in [2.24, 2.45) is 0 Å². The van der Waals surface area contributed by atoms with E-state index in [-0.39, 0.29) is 11.1 Å².